The molecule has 0 heterocycles. The number of allylic oxidation sites excluding steroid dienone is 24. The second-order valence-electron chi connectivity index (χ2n) is 22.0. The van der Waals surface area contributed by atoms with Crippen LogP contribution in [-0.2, 0) is 28.6 Å². The highest BCUT2D eigenvalue weighted by atomic mass is 16.6. The van der Waals surface area contributed by atoms with Gasteiger partial charge in [0.25, 0.3) is 0 Å². The number of ether oxygens (including phenoxy) is 3. The van der Waals surface area contributed by atoms with Crippen molar-refractivity contribution >= 4 is 17.9 Å². The van der Waals surface area contributed by atoms with Crippen LogP contribution in [-0.4, -0.2) is 37.2 Å². The van der Waals surface area contributed by atoms with E-state index in [9.17, 15) is 14.4 Å². The topological polar surface area (TPSA) is 78.9 Å². The molecule has 0 N–H and O–H groups in total. The van der Waals surface area contributed by atoms with Crippen LogP contribution in [0.1, 0.15) is 297 Å². The second-order valence-corrected chi connectivity index (χ2v) is 22.0. The van der Waals surface area contributed by atoms with Crippen molar-refractivity contribution in [2.45, 2.75) is 303 Å². The van der Waals surface area contributed by atoms with Crippen LogP contribution < -0.4 is 0 Å². The lowest BCUT2D eigenvalue weighted by atomic mass is 10.1. The molecule has 6 heteroatoms. The third-order valence-electron chi connectivity index (χ3n) is 14.1. The monoisotopic (exact) mass is 1130 g/mol. The molecule has 0 saturated heterocycles. The zero-order valence-corrected chi connectivity index (χ0v) is 53.2. The quantitative estimate of drug-likeness (QED) is 0.0261. The number of rotatable bonds is 60. The van der Waals surface area contributed by atoms with E-state index in [-0.39, 0.29) is 31.1 Å². The first kappa shape index (κ1) is 77.3. The number of esters is 3. The summed E-state index contributed by atoms with van der Waals surface area (Å²) in [4.78, 5) is 38.3. The van der Waals surface area contributed by atoms with Crippen molar-refractivity contribution in [2.24, 2.45) is 0 Å². The molecule has 0 saturated carbocycles. The van der Waals surface area contributed by atoms with Gasteiger partial charge in [0.15, 0.2) is 6.10 Å². The molecule has 6 nitrogen and oxygen atoms in total. The van der Waals surface area contributed by atoms with Gasteiger partial charge in [0.1, 0.15) is 13.2 Å². The zero-order valence-electron chi connectivity index (χ0n) is 53.2. The first-order valence-electron chi connectivity index (χ1n) is 33.8. The Morgan fingerprint density at radius 3 is 0.756 bits per heavy atom. The number of carbonyl (C=O) groups excluding carboxylic acids is 3. The molecule has 0 bridgehead atoms. The van der Waals surface area contributed by atoms with Gasteiger partial charge in [0.2, 0.25) is 0 Å². The van der Waals surface area contributed by atoms with E-state index >= 15 is 0 Å². The van der Waals surface area contributed by atoms with E-state index in [0.717, 1.165) is 141 Å². The fraction of sp³-hybridized carbons (Fsp3) is 0.645. The summed E-state index contributed by atoms with van der Waals surface area (Å²) < 4.78 is 16.9. The van der Waals surface area contributed by atoms with E-state index in [1.807, 2.05) is 0 Å². The number of unbranched alkanes of at least 4 members (excludes halogenated alkanes) is 25. The van der Waals surface area contributed by atoms with E-state index in [1.165, 1.54) is 116 Å². The third-order valence-corrected chi connectivity index (χ3v) is 14.1. The predicted molar refractivity (Wildman–Crippen MR) is 357 cm³/mol. The Balaban J connectivity index is 4.35. The lowest BCUT2D eigenvalue weighted by molar-refractivity contribution is -0.167. The molecule has 0 fully saturated rings. The molecule has 0 radical (unpaired) electrons. The second kappa shape index (κ2) is 68.8. The van der Waals surface area contributed by atoms with Crippen LogP contribution >= 0.6 is 0 Å². The van der Waals surface area contributed by atoms with E-state index in [2.05, 4.69) is 167 Å². The first-order valence-corrected chi connectivity index (χ1v) is 33.8. The van der Waals surface area contributed by atoms with Gasteiger partial charge in [0, 0.05) is 19.3 Å². The highest BCUT2D eigenvalue weighted by Crippen LogP contribution is 2.15. The van der Waals surface area contributed by atoms with Gasteiger partial charge < -0.3 is 14.2 Å². The van der Waals surface area contributed by atoms with E-state index in [0.29, 0.717) is 19.3 Å². The van der Waals surface area contributed by atoms with Gasteiger partial charge in [-0.25, -0.2) is 0 Å². The van der Waals surface area contributed by atoms with Crippen LogP contribution in [0.25, 0.3) is 0 Å². The smallest absolute Gasteiger partial charge is 0.306 e. The number of carbonyl (C=O) groups is 3. The molecule has 0 aliphatic carbocycles. The number of hydrogen-bond donors (Lipinski definition) is 0. The highest BCUT2D eigenvalue weighted by Gasteiger charge is 2.19. The molecule has 0 aliphatic heterocycles. The van der Waals surface area contributed by atoms with Gasteiger partial charge in [-0.15, -0.1) is 0 Å². The summed E-state index contributed by atoms with van der Waals surface area (Å²) in [6, 6.07) is 0. The van der Waals surface area contributed by atoms with Crippen LogP contribution in [0.3, 0.4) is 0 Å². The Morgan fingerprint density at radius 2 is 0.476 bits per heavy atom. The van der Waals surface area contributed by atoms with Crippen molar-refractivity contribution in [2.75, 3.05) is 13.2 Å². The first-order chi connectivity index (χ1) is 40.5. The Kier molecular flexibility index (Phi) is 64.8. The lowest BCUT2D eigenvalue weighted by Gasteiger charge is -2.18. The highest BCUT2D eigenvalue weighted by molar-refractivity contribution is 5.71. The fourth-order valence-electron chi connectivity index (χ4n) is 9.03. The van der Waals surface area contributed by atoms with Crippen LogP contribution in [0, 0.1) is 0 Å². The van der Waals surface area contributed by atoms with Gasteiger partial charge >= 0.3 is 17.9 Å². The molecule has 0 aromatic carbocycles. The Morgan fingerprint density at radius 1 is 0.256 bits per heavy atom. The largest absolute Gasteiger partial charge is 0.462 e. The maximum atomic E-state index is 12.9. The molecular weight excluding hydrogens is 1010 g/mol. The SMILES string of the molecule is CC/C=C\C/C=C\C/C=C\C/C=C\C/C=C\C/C=C\C/C=C\C/C=C\C/C=C\CCCCCC(=O)OCC(COC(=O)CCCCCCCCCCCC)OC(=O)CCCCCCCCCC/C=C\C/C=C\C/C=C\CCCCCCC. The Bertz CT molecular complexity index is 1780. The van der Waals surface area contributed by atoms with Crippen LogP contribution in [0.5, 0.6) is 0 Å². The Hall–Kier alpha value is -4.71. The summed E-state index contributed by atoms with van der Waals surface area (Å²) in [6.45, 7) is 6.48. The summed E-state index contributed by atoms with van der Waals surface area (Å²) in [6.07, 6.45) is 98.6. The molecule has 0 rings (SSSR count). The summed E-state index contributed by atoms with van der Waals surface area (Å²) in [5, 5.41) is 0. The maximum Gasteiger partial charge on any atom is 0.306 e. The number of hydrogen-bond acceptors (Lipinski definition) is 6. The van der Waals surface area contributed by atoms with Gasteiger partial charge in [-0.2, -0.15) is 0 Å². The van der Waals surface area contributed by atoms with Crippen molar-refractivity contribution in [1.82, 2.24) is 0 Å². The summed E-state index contributed by atoms with van der Waals surface area (Å²) in [5.74, 6) is -0.936. The zero-order chi connectivity index (χ0) is 59.2. The molecule has 0 aromatic rings. The minimum atomic E-state index is -0.801. The van der Waals surface area contributed by atoms with Crippen molar-refractivity contribution in [3.05, 3.63) is 146 Å². The minimum absolute atomic E-state index is 0.0943. The molecule has 1 unspecified atom stereocenters. The van der Waals surface area contributed by atoms with E-state index in [1.54, 1.807) is 0 Å². The minimum Gasteiger partial charge on any atom is -0.462 e. The van der Waals surface area contributed by atoms with Gasteiger partial charge in [-0.3, -0.25) is 14.4 Å². The average molecular weight is 1130 g/mol. The third kappa shape index (κ3) is 66.1. The standard InChI is InChI=1S/C76H124O6/c1-4-7-10-13-16-19-22-24-26-28-30-32-34-35-36-37-38-39-40-41-43-44-46-48-50-52-54-57-60-63-66-69-75(78)81-72-73(71-80-74(77)68-65-62-59-56-21-18-15-12-9-6-3)82-76(79)70-67-64-61-58-55-53-51-49-47-45-42-33-31-29-27-25-23-20-17-14-11-8-5-2/h7,10,16,19,23-26,29-32,35-36,38-39,41-43,45-46,48,52,54,73H,4-6,8-9,11-15,17-18,20-22,27-28,33-34,37,40,44,47,49-51,53,55-72H2,1-3H3/b10-7-,19-16-,25-23-,26-24-,31-29-,32-30-,36-35-,39-38-,43-41-,45-42-,48-46-,54-52-. The average Bonchev–Trinajstić information content (AvgIpc) is 3.47. The van der Waals surface area contributed by atoms with Crippen molar-refractivity contribution in [1.29, 1.82) is 0 Å². The Labute approximate surface area is 506 Å². The van der Waals surface area contributed by atoms with Gasteiger partial charge in [-0.1, -0.05) is 295 Å². The molecule has 1 atom stereocenters. The van der Waals surface area contributed by atoms with Crippen LogP contribution in [0.4, 0.5) is 0 Å². The van der Waals surface area contributed by atoms with Crippen molar-refractivity contribution in [3.8, 4) is 0 Å². The summed E-state index contributed by atoms with van der Waals surface area (Å²) in [5.41, 5.74) is 0. The van der Waals surface area contributed by atoms with Crippen molar-refractivity contribution in [3.63, 3.8) is 0 Å². The normalized spacial score (nSPS) is 13.1. The maximum absolute atomic E-state index is 12.9. The van der Waals surface area contributed by atoms with Crippen molar-refractivity contribution < 1.29 is 28.6 Å². The van der Waals surface area contributed by atoms with E-state index in [4.69, 9.17) is 14.2 Å². The summed E-state index contributed by atoms with van der Waals surface area (Å²) in [7, 11) is 0. The molecule has 0 spiro atoms. The van der Waals surface area contributed by atoms with E-state index < -0.39 is 6.10 Å². The molecule has 0 aliphatic rings. The van der Waals surface area contributed by atoms with Gasteiger partial charge in [0.05, 0.1) is 0 Å². The summed E-state index contributed by atoms with van der Waals surface area (Å²) >= 11 is 0. The molecule has 82 heavy (non-hydrogen) atoms. The molecule has 464 valence electrons. The molecule has 0 aromatic heterocycles. The van der Waals surface area contributed by atoms with Crippen LogP contribution in [0.2, 0.25) is 0 Å². The predicted octanol–water partition coefficient (Wildman–Crippen LogP) is 23.5. The molecular formula is C76H124O6. The molecule has 0 amide bonds. The fourth-order valence-corrected chi connectivity index (χ4v) is 9.03. The van der Waals surface area contributed by atoms with Crippen LogP contribution in [0.15, 0.2) is 146 Å². The van der Waals surface area contributed by atoms with Gasteiger partial charge in [-0.05, 0) is 128 Å². The lowest BCUT2D eigenvalue weighted by Crippen LogP contribution is -2.30.